The first-order valence-electron chi connectivity index (χ1n) is 8.37. The fourth-order valence-electron chi connectivity index (χ4n) is 2.52. The van der Waals surface area contributed by atoms with Gasteiger partial charge in [0.2, 0.25) is 0 Å². The van der Waals surface area contributed by atoms with Crippen molar-refractivity contribution < 1.29 is 14.3 Å². The van der Waals surface area contributed by atoms with Crippen molar-refractivity contribution in [3.05, 3.63) is 65.7 Å². The zero-order valence-electron chi connectivity index (χ0n) is 14.8. The second kappa shape index (κ2) is 9.90. The third-order valence-electron chi connectivity index (χ3n) is 3.90. The van der Waals surface area contributed by atoms with Crippen LogP contribution in [0.5, 0.6) is 0 Å². The lowest BCUT2D eigenvalue weighted by Gasteiger charge is -2.21. The molecule has 5 nitrogen and oxygen atoms in total. The number of hydrogen-bond acceptors (Lipinski definition) is 3. The number of aryl methyl sites for hydroxylation is 1. The van der Waals surface area contributed by atoms with E-state index < -0.39 is 6.09 Å². The quantitative estimate of drug-likeness (QED) is 0.616. The maximum absolute atomic E-state index is 12.1. The van der Waals surface area contributed by atoms with Crippen LogP contribution in [0.25, 0.3) is 0 Å². The lowest BCUT2D eigenvalue weighted by Crippen LogP contribution is -2.28. The third-order valence-corrected chi connectivity index (χ3v) is 3.90. The third kappa shape index (κ3) is 5.67. The Kier molecular flexibility index (Phi) is 7.26. The average Bonchev–Trinajstić information content (AvgIpc) is 2.70. The van der Waals surface area contributed by atoms with E-state index in [9.17, 15) is 9.59 Å². The number of carbonyl (C=O) groups excluding carboxylic acids is 2. The highest BCUT2D eigenvalue weighted by Crippen LogP contribution is 2.19. The number of hydrogen-bond donors (Lipinski definition) is 1. The number of rotatable bonds is 7. The number of benzene rings is 2. The van der Waals surface area contributed by atoms with Crippen molar-refractivity contribution in [3.63, 3.8) is 0 Å². The predicted octanol–water partition coefficient (Wildman–Crippen LogP) is 3.14. The number of alkyl carbamates (subject to hydrolysis) is 1. The second-order valence-electron chi connectivity index (χ2n) is 5.71. The number of methoxy groups -OCH3 is 1. The van der Waals surface area contributed by atoms with Gasteiger partial charge in [0.1, 0.15) is 0 Å². The van der Waals surface area contributed by atoms with Gasteiger partial charge in [0.25, 0.3) is 0 Å². The number of carbonyl (C=O) groups is 2. The van der Waals surface area contributed by atoms with E-state index in [1.807, 2.05) is 54.6 Å². The molecule has 0 aliphatic carbocycles. The molecule has 134 valence electrons. The molecule has 0 saturated carbocycles. The van der Waals surface area contributed by atoms with Crippen molar-refractivity contribution in [1.82, 2.24) is 5.32 Å². The van der Waals surface area contributed by atoms with Crippen LogP contribution in [-0.2, 0) is 22.5 Å². The van der Waals surface area contributed by atoms with Crippen molar-refractivity contribution in [2.24, 2.45) is 0 Å². The summed E-state index contributed by atoms with van der Waals surface area (Å²) in [6, 6.07) is 17.4. The lowest BCUT2D eigenvalue weighted by molar-refractivity contribution is -0.113. The van der Waals surface area contributed by atoms with Gasteiger partial charge in [-0.05, 0) is 42.0 Å². The maximum atomic E-state index is 12.1. The van der Waals surface area contributed by atoms with Crippen LogP contribution in [0.3, 0.4) is 0 Å². The van der Waals surface area contributed by atoms with Gasteiger partial charge in [-0.15, -0.1) is 6.42 Å². The molecular weight excluding hydrogens is 328 g/mol. The van der Waals surface area contributed by atoms with E-state index in [0.717, 1.165) is 29.7 Å². The molecule has 0 aliphatic heterocycles. The SMILES string of the molecule is C#CC(=O)N(Cc1ccccc1)c1ccc(CCCNC(=O)OC)cc1. The summed E-state index contributed by atoms with van der Waals surface area (Å²) in [4.78, 5) is 24.7. The van der Waals surface area contributed by atoms with Gasteiger partial charge in [-0.2, -0.15) is 0 Å². The van der Waals surface area contributed by atoms with Gasteiger partial charge in [-0.1, -0.05) is 42.5 Å². The molecule has 0 saturated heterocycles. The van der Waals surface area contributed by atoms with Crippen molar-refractivity contribution in [1.29, 1.82) is 0 Å². The highest BCUT2D eigenvalue weighted by Gasteiger charge is 2.14. The Labute approximate surface area is 154 Å². The van der Waals surface area contributed by atoms with Crippen LogP contribution in [0, 0.1) is 12.3 Å². The van der Waals surface area contributed by atoms with Crippen LogP contribution in [0.1, 0.15) is 17.5 Å². The van der Waals surface area contributed by atoms with Gasteiger partial charge < -0.3 is 10.1 Å². The molecule has 0 aromatic heterocycles. The summed E-state index contributed by atoms with van der Waals surface area (Å²) in [7, 11) is 1.34. The average molecular weight is 350 g/mol. The van der Waals surface area contributed by atoms with E-state index in [0.29, 0.717) is 13.1 Å². The first-order valence-corrected chi connectivity index (χ1v) is 8.37. The van der Waals surface area contributed by atoms with E-state index in [1.165, 1.54) is 7.11 Å². The highest BCUT2D eigenvalue weighted by molar-refractivity contribution is 6.05. The number of ether oxygens (including phenoxy) is 1. The first-order chi connectivity index (χ1) is 12.6. The van der Waals surface area contributed by atoms with E-state index in [-0.39, 0.29) is 5.91 Å². The fraction of sp³-hybridized carbons (Fsp3) is 0.238. The fourth-order valence-corrected chi connectivity index (χ4v) is 2.52. The molecule has 2 rings (SSSR count). The minimum Gasteiger partial charge on any atom is -0.453 e. The molecular formula is C21H22N2O3. The normalized spacial score (nSPS) is 9.85. The van der Waals surface area contributed by atoms with Crippen molar-refractivity contribution >= 4 is 17.7 Å². The summed E-state index contributed by atoms with van der Waals surface area (Å²) in [5.41, 5.74) is 2.88. The molecule has 0 fully saturated rings. The van der Waals surface area contributed by atoms with Crippen molar-refractivity contribution in [2.45, 2.75) is 19.4 Å². The molecule has 0 heterocycles. The molecule has 0 spiro atoms. The Hall–Kier alpha value is -3.26. The Balaban J connectivity index is 1.99. The summed E-state index contributed by atoms with van der Waals surface area (Å²) in [5, 5.41) is 2.65. The Bertz CT molecular complexity index is 764. The Morgan fingerprint density at radius 2 is 1.77 bits per heavy atom. The van der Waals surface area contributed by atoms with Crippen LogP contribution in [0.15, 0.2) is 54.6 Å². The van der Waals surface area contributed by atoms with Crippen LogP contribution in [-0.4, -0.2) is 25.7 Å². The van der Waals surface area contributed by atoms with E-state index in [4.69, 9.17) is 6.42 Å². The molecule has 26 heavy (non-hydrogen) atoms. The van der Waals surface area contributed by atoms with Crippen molar-refractivity contribution in [3.8, 4) is 12.3 Å². The van der Waals surface area contributed by atoms with Gasteiger partial charge in [0.15, 0.2) is 0 Å². The second-order valence-corrected chi connectivity index (χ2v) is 5.71. The summed E-state index contributed by atoms with van der Waals surface area (Å²) >= 11 is 0. The monoisotopic (exact) mass is 350 g/mol. The van der Waals surface area contributed by atoms with Crippen LogP contribution < -0.4 is 10.2 Å². The number of amides is 2. The summed E-state index contributed by atoms with van der Waals surface area (Å²) in [6.45, 7) is 0.969. The van der Waals surface area contributed by atoms with E-state index >= 15 is 0 Å². The minimum atomic E-state index is -0.426. The van der Waals surface area contributed by atoms with E-state index in [1.54, 1.807) is 4.90 Å². The molecule has 0 bridgehead atoms. The van der Waals surface area contributed by atoms with Gasteiger partial charge in [-0.3, -0.25) is 9.69 Å². The van der Waals surface area contributed by atoms with E-state index in [2.05, 4.69) is 16.0 Å². The topological polar surface area (TPSA) is 58.6 Å². The maximum Gasteiger partial charge on any atom is 0.406 e. The zero-order chi connectivity index (χ0) is 18.8. The molecule has 1 N–H and O–H groups in total. The predicted molar refractivity (Wildman–Crippen MR) is 102 cm³/mol. The summed E-state index contributed by atoms with van der Waals surface area (Å²) in [6.07, 6.45) is 6.51. The smallest absolute Gasteiger partial charge is 0.406 e. The lowest BCUT2D eigenvalue weighted by atomic mass is 10.1. The van der Waals surface area contributed by atoms with Crippen molar-refractivity contribution in [2.75, 3.05) is 18.6 Å². The molecule has 0 aliphatic rings. The number of terminal acetylenes is 1. The van der Waals surface area contributed by atoms with Gasteiger partial charge >= 0.3 is 12.0 Å². The van der Waals surface area contributed by atoms with Crippen LogP contribution >= 0.6 is 0 Å². The number of anilines is 1. The van der Waals surface area contributed by atoms with Gasteiger partial charge in [0, 0.05) is 12.2 Å². The Morgan fingerprint density at radius 1 is 1.08 bits per heavy atom. The summed E-state index contributed by atoms with van der Waals surface area (Å²) in [5.74, 6) is 1.82. The summed E-state index contributed by atoms with van der Waals surface area (Å²) < 4.78 is 4.52. The zero-order valence-corrected chi connectivity index (χ0v) is 14.8. The number of nitrogens with one attached hydrogen (secondary N) is 1. The standard InChI is InChI=1S/C21H22N2O3/c1-3-20(24)23(16-18-8-5-4-6-9-18)19-13-11-17(12-14-19)10-7-15-22-21(25)26-2/h1,4-6,8-9,11-14H,7,10,15-16H2,2H3,(H,22,25). The molecule has 5 heteroatoms. The number of nitrogens with zero attached hydrogens (tertiary/aromatic N) is 1. The van der Waals surface area contributed by atoms with Crippen LogP contribution in [0.2, 0.25) is 0 Å². The van der Waals surface area contributed by atoms with Gasteiger partial charge in [0.05, 0.1) is 13.7 Å². The minimum absolute atomic E-state index is 0.371. The van der Waals surface area contributed by atoms with Gasteiger partial charge in [-0.25, -0.2) is 4.79 Å². The molecule has 2 aromatic rings. The molecule has 0 radical (unpaired) electrons. The van der Waals surface area contributed by atoms with Crippen LogP contribution in [0.4, 0.5) is 10.5 Å². The molecule has 0 unspecified atom stereocenters. The largest absolute Gasteiger partial charge is 0.453 e. The highest BCUT2D eigenvalue weighted by atomic mass is 16.5. The Morgan fingerprint density at radius 3 is 2.38 bits per heavy atom. The molecule has 2 amide bonds. The molecule has 0 atom stereocenters. The molecule has 2 aromatic carbocycles. The first kappa shape index (κ1) is 19.1.